The molecule has 0 bridgehead atoms. The van der Waals surface area contributed by atoms with E-state index in [1.165, 1.54) is 0 Å². The van der Waals surface area contributed by atoms with Crippen LogP contribution in [0.4, 0.5) is 0 Å². The number of rotatable bonds is 5. The maximum absolute atomic E-state index is 12.0. The van der Waals surface area contributed by atoms with Crippen LogP contribution in [0.1, 0.15) is 56.9 Å². The van der Waals surface area contributed by atoms with Crippen LogP contribution in [-0.2, 0) is 4.74 Å². The summed E-state index contributed by atoms with van der Waals surface area (Å²) in [5, 5.41) is 19.5. The van der Waals surface area contributed by atoms with Gasteiger partial charge in [-0.2, -0.15) is 10.5 Å². The standard InChI is InChI=1S/C26H23N5O3/c1-6-33-26(32)18-7-8-22-23(11-18)30-24(29-22)20(12-27)10-19-9-14(2)31(16(19)4)25-21(13-28)15(3)17(5)34-25/h7-11H,6H2,1-5H3,(H,29,30)/b20-10+. The first-order chi connectivity index (χ1) is 16.3. The van der Waals surface area contributed by atoms with E-state index in [2.05, 4.69) is 22.1 Å². The number of benzene rings is 1. The van der Waals surface area contributed by atoms with Crippen molar-refractivity contribution in [3.8, 4) is 18.0 Å². The number of nitrogens with zero attached hydrogens (tertiary/aromatic N) is 4. The second kappa shape index (κ2) is 8.76. The summed E-state index contributed by atoms with van der Waals surface area (Å²) >= 11 is 0. The van der Waals surface area contributed by atoms with E-state index in [0.717, 1.165) is 22.5 Å². The van der Waals surface area contributed by atoms with Gasteiger partial charge in [-0.1, -0.05) is 0 Å². The van der Waals surface area contributed by atoms with Gasteiger partial charge in [0.1, 0.15) is 29.3 Å². The van der Waals surface area contributed by atoms with Crippen LogP contribution >= 0.6 is 0 Å². The number of hydrogen-bond donors (Lipinski definition) is 1. The number of aromatic amines is 1. The van der Waals surface area contributed by atoms with Crippen LogP contribution in [-0.4, -0.2) is 27.1 Å². The zero-order valence-corrected chi connectivity index (χ0v) is 19.6. The summed E-state index contributed by atoms with van der Waals surface area (Å²) in [6, 6.07) is 11.4. The monoisotopic (exact) mass is 453 g/mol. The number of aromatic nitrogens is 3. The predicted molar refractivity (Wildman–Crippen MR) is 127 cm³/mol. The van der Waals surface area contributed by atoms with Gasteiger partial charge in [0, 0.05) is 17.0 Å². The van der Waals surface area contributed by atoms with Crippen molar-refractivity contribution in [3.63, 3.8) is 0 Å². The molecule has 0 unspecified atom stereocenters. The Morgan fingerprint density at radius 2 is 2.00 bits per heavy atom. The number of carbonyl (C=O) groups is 1. The highest BCUT2D eigenvalue weighted by Gasteiger charge is 2.21. The molecule has 0 aliphatic rings. The predicted octanol–water partition coefficient (Wildman–Crippen LogP) is 5.29. The third-order valence-electron chi connectivity index (χ3n) is 5.82. The van der Waals surface area contributed by atoms with Crippen molar-refractivity contribution in [2.75, 3.05) is 6.61 Å². The Balaban J connectivity index is 1.77. The molecular formula is C26H23N5O3. The van der Waals surface area contributed by atoms with Crippen LogP contribution < -0.4 is 0 Å². The molecule has 4 aromatic rings. The molecule has 34 heavy (non-hydrogen) atoms. The summed E-state index contributed by atoms with van der Waals surface area (Å²) in [5.74, 6) is 1.15. The van der Waals surface area contributed by atoms with Gasteiger partial charge in [-0.3, -0.25) is 4.57 Å². The number of nitriles is 2. The minimum Gasteiger partial charge on any atom is -0.462 e. The maximum Gasteiger partial charge on any atom is 0.338 e. The highest BCUT2D eigenvalue weighted by atomic mass is 16.5. The van der Waals surface area contributed by atoms with E-state index in [1.54, 1.807) is 31.2 Å². The lowest BCUT2D eigenvalue weighted by atomic mass is 10.1. The quantitative estimate of drug-likeness (QED) is 0.324. The fraction of sp³-hybridized carbons (Fsp3) is 0.231. The lowest BCUT2D eigenvalue weighted by Crippen LogP contribution is -2.04. The molecule has 170 valence electrons. The van der Waals surface area contributed by atoms with Crippen molar-refractivity contribution in [2.45, 2.75) is 34.6 Å². The van der Waals surface area contributed by atoms with Crippen LogP contribution in [0.15, 0.2) is 28.7 Å². The molecule has 1 N–H and O–H groups in total. The van der Waals surface area contributed by atoms with Gasteiger partial charge >= 0.3 is 5.97 Å². The highest BCUT2D eigenvalue weighted by molar-refractivity contribution is 5.95. The fourth-order valence-electron chi connectivity index (χ4n) is 3.93. The number of nitrogens with one attached hydrogen (secondary N) is 1. The van der Waals surface area contributed by atoms with Gasteiger partial charge in [0.2, 0.25) is 5.88 Å². The number of fused-ring (bicyclic) bond motifs is 1. The summed E-state index contributed by atoms with van der Waals surface area (Å²) in [7, 11) is 0. The minimum atomic E-state index is -0.413. The van der Waals surface area contributed by atoms with E-state index in [1.807, 2.05) is 38.3 Å². The molecule has 1 aromatic carbocycles. The van der Waals surface area contributed by atoms with Crippen molar-refractivity contribution in [2.24, 2.45) is 0 Å². The molecule has 0 spiro atoms. The van der Waals surface area contributed by atoms with E-state index in [-0.39, 0.29) is 6.61 Å². The number of esters is 1. The van der Waals surface area contributed by atoms with E-state index in [0.29, 0.717) is 45.2 Å². The van der Waals surface area contributed by atoms with Gasteiger partial charge < -0.3 is 14.1 Å². The molecule has 0 fully saturated rings. The number of hydrogen-bond acceptors (Lipinski definition) is 6. The Kier molecular flexibility index (Phi) is 5.83. The summed E-state index contributed by atoms with van der Waals surface area (Å²) in [5.41, 5.74) is 5.81. The number of allylic oxidation sites excluding steroid dienone is 1. The van der Waals surface area contributed by atoms with Crippen molar-refractivity contribution >= 4 is 28.7 Å². The first kappa shape index (κ1) is 22.6. The van der Waals surface area contributed by atoms with Crippen molar-refractivity contribution in [1.29, 1.82) is 10.5 Å². The molecule has 0 atom stereocenters. The van der Waals surface area contributed by atoms with Gasteiger partial charge in [0.15, 0.2) is 0 Å². The number of ether oxygens (including phenoxy) is 1. The zero-order valence-electron chi connectivity index (χ0n) is 19.6. The van der Waals surface area contributed by atoms with Crippen LogP contribution in [0.5, 0.6) is 0 Å². The third-order valence-corrected chi connectivity index (χ3v) is 5.82. The second-order valence-electron chi connectivity index (χ2n) is 7.94. The smallest absolute Gasteiger partial charge is 0.338 e. The molecule has 0 amide bonds. The average molecular weight is 454 g/mol. The SMILES string of the molecule is CCOC(=O)c1ccc2nc(/C(C#N)=C/c3cc(C)n(-c4oc(C)c(C)c4C#N)c3C)[nH]c2c1. The lowest BCUT2D eigenvalue weighted by Gasteiger charge is -2.06. The number of imidazole rings is 1. The normalized spacial score (nSPS) is 11.4. The van der Waals surface area contributed by atoms with Crippen molar-refractivity contribution in [1.82, 2.24) is 14.5 Å². The van der Waals surface area contributed by atoms with Gasteiger partial charge in [0.05, 0.1) is 28.8 Å². The molecule has 0 radical (unpaired) electrons. The number of aryl methyl sites for hydroxylation is 2. The number of furan rings is 1. The summed E-state index contributed by atoms with van der Waals surface area (Å²) < 4.78 is 12.8. The fourth-order valence-corrected chi connectivity index (χ4v) is 3.93. The minimum absolute atomic E-state index is 0.290. The van der Waals surface area contributed by atoms with Crippen molar-refractivity contribution in [3.05, 3.63) is 69.5 Å². The Hall–Kier alpha value is -4.56. The molecule has 8 heteroatoms. The Morgan fingerprint density at radius 3 is 2.68 bits per heavy atom. The molecule has 0 aliphatic heterocycles. The van der Waals surface area contributed by atoms with Crippen LogP contribution in [0, 0.1) is 50.4 Å². The molecule has 4 rings (SSSR count). The molecule has 3 heterocycles. The van der Waals surface area contributed by atoms with Crippen LogP contribution in [0.25, 0.3) is 28.6 Å². The number of H-pyrrole nitrogens is 1. The van der Waals surface area contributed by atoms with Gasteiger partial charge in [-0.15, -0.1) is 0 Å². The largest absolute Gasteiger partial charge is 0.462 e. The van der Waals surface area contributed by atoms with E-state index in [4.69, 9.17) is 9.15 Å². The first-order valence-electron chi connectivity index (χ1n) is 10.8. The van der Waals surface area contributed by atoms with E-state index >= 15 is 0 Å². The van der Waals surface area contributed by atoms with Gasteiger partial charge in [-0.05, 0) is 70.5 Å². The van der Waals surface area contributed by atoms with Gasteiger partial charge in [0.25, 0.3) is 0 Å². The van der Waals surface area contributed by atoms with Crippen molar-refractivity contribution < 1.29 is 13.9 Å². The Bertz CT molecular complexity index is 1550. The average Bonchev–Trinajstić information content (AvgIpc) is 3.44. The molecule has 0 saturated carbocycles. The Morgan fingerprint density at radius 1 is 1.24 bits per heavy atom. The highest BCUT2D eigenvalue weighted by Crippen LogP contribution is 2.30. The molecular weight excluding hydrogens is 430 g/mol. The first-order valence-corrected chi connectivity index (χ1v) is 10.8. The van der Waals surface area contributed by atoms with Crippen LogP contribution in [0.3, 0.4) is 0 Å². The summed E-state index contributed by atoms with van der Waals surface area (Å²) in [6.45, 7) is 9.56. The topological polar surface area (TPSA) is 121 Å². The van der Waals surface area contributed by atoms with E-state index in [9.17, 15) is 15.3 Å². The molecule has 0 saturated heterocycles. The molecule has 8 nitrogen and oxygen atoms in total. The number of carbonyl (C=O) groups excluding carboxylic acids is 1. The molecule has 3 aromatic heterocycles. The van der Waals surface area contributed by atoms with Gasteiger partial charge in [-0.25, -0.2) is 9.78 Å². The summed E-state index contributed by atoms with van der Waals surface area (Å²) in [6.07, 6.45) is 1.75. The maximum atomic E-state index is 12.0. The zero-order chi connectivity index (χ0) is 24.6. The van der Waals surface area contributed by atoms with E-state index < -0.39 is 5.97 Å². The lowest BCUT2D eigenvalue weighted by molar-refractivity contribution is 0.0526. The molecule has 0 aliphatic carbocycles. The third kappa shape index (κ3) is 3.76. The second-order valence-corrected chi connectivity index (χ2v) is 7.94. The summed E-state index contributed by atoms with van der Waals surface area (Å²) in [4.78, 5) is 19.7. The van der Waals surface area contributed by atoms with Crippen LogP contribution in [0.2, 0.25) is 0 Å². The Labute approximate surface area is 196 Å².